The number of benzene rings is 7. The largest absolute Gasteiger partial charge is 0.376 e. The van der Waals surface area contributed by atoms with Crippen LogP contribution in [0.1, 0.15) is 0 Å². The SMILES string of the molecule is c1ccc(N2B3c4ccccc4-n4c5ccccc5c5c6ccccc6c(c3c54)-c3c2ccc2c3sc3ccccc32)cc1. The minimum atomic E-state index is 0.0341. The Morgan fingerprint density at radius 3 is 2.09 bits per heavy atom. The van der Waals surface area contributed by atoms with Gasteiger partial charge in [0, 0.05) is 53.6 Å². The number of hydrogen-bond donors (Lipinski definition) is 0. The van der Waals surface area contributed by atoms with Crippen molar-refractivity contribution in [3.05, 3.63) is 140 Å². The highest BCUT2D eigenvalue weighted by Crippen LogP contribution is 2.52. The third kappa shape index (κ3) is 2.69. The molecule has 0 saturated heterocycles. The van der Waals surface area contributed by atoms with Gasteiger partial charge in [-0.25, -0.2) is 0 Å². The van der Waals surface area contributed by atoms with E-state index in [9.17, 15) is 0 Å². The number of para-hydroxylation sites is 3. The predicted molar refractivity (Wildman–Crippen MR) is 190 cm³/mol. The van der Waals surface area contributed by atoms with Gasteiger partial charge in [-0.2, -0.15) is 0 Å². The van der Waals surface area contributed by atoms with E-state index in [1.165, 1.54) is 91.9 Å². The van der Waals surface area contributed by atoms with Crippen molar-refractivity contribution in [3.63, 3.8) is 0 Å². The third-order valence-corrected chi connectivity index (χ3v) is 11.1. The Labute approximate surface area is 258 Å². The molecule has 9 aromatic rings. The van der Waals surface area contributed by atoms with E-state index < -0.39 is 0 Å². The summed E-state index contributed by atoms with van der Waals surface area (Å²) < 4.78 is 5.26. The first-order valence-corrected chi connectivity index (χ1v) is 16.1. The third-order valence-electron chi connectivity index (χ3n) is 9.94. The molecule has 7 aromatic carbocycles. The van der Waals surface area contributed by atoms with Crippen LogP contribution in [-0.2, 0) is 0 Å². The number of aromatic nitrogens is 1. The number of fused-ring (bicyclic) bond motifs is 15. The molecule has 4 heteroatoms. The second-order valence-electron chi connectivity index (χ2n) is 12.0. The maximum absolute atomic E-state index is 2.62. The molecule has 0 amide bonds. The Morgan fingerprint density at radius 2 is 1.20 bits per heavy atom. The zero-order valence-corrected chi connectivity index (χ0v) is 24.5. The fraction of sp³-hybridized carbons (Fsp3) is 0. The van der Waals surface area contributed by atoms with Crippen LogP contribution >= 0.6 is 11.3 Å². The molecule has 44 heavy (non-hydrogen) atoms. The van der Waals surface area contributed by atoms with Crippen LogP contribution in [0.3, 0.4) is 0 Å². The van der Waals surface area contributed by atoms with Gasteiger partial charge in [0.1, 0.15) is 0 Å². The number of hydrogen-bond acceptors (Lipinski definition) is 2. The van der Waals surface area contributed by atoms with Crippen LogP contribution in [0.25, 0.3) is 69.6 Å². The van der Waals surface area contributed by atoms with Gasteiger partial charge >= 0.3 is 6.85 Å². The summed E-state index contributed by atoms with van der Waals surface area (Å²) >= 11 is 1.93. The molecular weight excluding hydrogens is 551 g/mol. The van der Waals surface area contributed by atoms with E-state index in [1.807, 2.05) is 11.3 Å². The van der Waals surface area contributed by atoms with Gasteiger partial charge in [-0.05, 0) is 63.7 Å². The van der Waals surface area contributed by atoms with Crippen LogP contribution in [-0.4, -0.2) is 11.4 Å². The lowest BCUT2D eigenvalue weighted by Gasteiger charge is -2.42. The van der Waals surface area contributed by atoms with Gasteiger partial charge < -0.3 is 9.38 Å². The molecule has 0 fully saturated rings. The molecule has 0 atom stereocenters. The van der Waals surface area contributed by atoms with Gasteiger partial charge in [-0.15, -0.1) is 11.3 Å². The summed E-state index contributed by atoms with van der Waals surface area (Å²) in [5.41, 5.74) is 11.9. The van der Waals surface area contributed by atoms with Gasteiger partial charge in [0.15, 0.2) is 0 Å². The van der Waals surface area contributed by atoms with E-state index in [-0.39, 0.29) is 6.85 Å². The predicted octanol–water partition coefficient (Wildman–Crippen LogP) is 9.54. The molecule has 2 aliphatic rings. The zero-order valence-electron chi connectivity index (χ0n) is 23.7. The molecule has 0 saturated carbocycles. The van der Waals surface area contributed by atoms with Crippen molar-refractivity contribution < 1.29 is 0 Å². The van der Waals surface area contributed by atoms with Crippen LogP contribution in [0, 0.1) is 0 Å². The molecule has 4 heterocycles. The fourth-order valence-electron chi connectivity index (χ4n) is 8.32. The standard InChI is InChI=1S/C40H23BN2S/c1-2-12-24(13-3-1)43-33-23-22-28-25-14-7-11-21-34(25)44-40(28)37(33)36-27-16-5-4-15-26(27)35-29-17-6-9-19-31(29)42-32-20-10-8-18-30(32)41(43)38(36)39(35)42/h1-23H. The number of rotatable bonds is 1. The second kappa shape index (κ2) is 8.19. The minimum Gasteiger partial charge on any atom is -0.376 e. The van der Waals surface area contributed by atoms with Crippen LogP contribution in [0.2, 0.25) is 0 Å². The normalized spacial score (nSPS) is 13.4. The molecular formula is C40H23BN2S. The number of thiophene rings is 1. The maximum Gasteiger partial charge on any atom is 0.333 e. The van der Waals surface area contributed by atoms with Gasteiger partial charge in [0.2, 0.25) is 0 Å². The Hall–Kier alpha value is -5.32. The van der Waals surface area contributed by atoms with Gasteiger partial charge in [0.25, 0.3) is 0 Å². The molecule has 2 nitrogen and oxygen atoms in total. The Bertz CT molecular complexity index is 2680. The van der Waals surface area contributed by atoms with E-state index in [0.29, 0.717) is 0 Å². The summed E-state index contributed by atoms with van der Waals surface area (Å²) in [5.74, 6) is 0. The van der Waals surface area contributed by atoms with Crippen molar-refractivity contribution in [2.75, 3.05) is 4.81 Å². The maximum atomic E-state index is 2.62. The zero-order chi connectivity index (χ0) is 28.5. The molecule has 0 aliphatic carbocycles. The summed E-state index contributed by atoms with van der Waals surface area (Å²) in [6.07, 6.45) is 0. The van der Waals surface area contributed by atoms with Crippen LogP contribution in [0.4, 0.5) is 11.4 Å². The molecule has 0 bridgehead atoms. The highest BCUT2D eigenvalue weighted by atomic mass is 32.1. The highest BCUT2D eigenvalue weighted by molar-refractivity contribution is 7.26. The van der Waals surface area contributed by atoms with E-state index in [4.69, 9.17) is 0 Å². The van der Waals surface area contributed by atoms with Gasteiger partial charge in [-0.3, -0.25) is 0 Å². The monoisotopic (exact) mass is 574 g/mol. The summed E-state index contributed by atoms with van der Waals surface area (Å²) in [6.45, 7) is 0.0341. The second-order valence-corrected chi connectivity index (χ2v) is 13.1. The van der Waals surface area contributed by atoms with Crippen molar-refractivity contribution >= 4 is 93.2 Å². The summed E-state index contributed by atoms with van der Waals surface area (Å²) in [5, 5.41) is 8.00. The number of anilines is 2. The summed E-state index contributed by atoms with van der Waals surface area (Å²) in [6, 6.07) is 51.8. The number of nitrogens with zero attached hydrogens (tertiary/aromatic N) is 2. The first-order valence-electron chi connectivity index (χ1n) is 15.2. The minimum absolute atomic E-state index is 0.0341. The van der Waals surface area contributed by atoms with Crippen molar-refractivity contribution in [1.29, 1.82) is 0 Å². The molecule has 0 spiro atoms. The first-order chi connectivity index (χ1) is 21.9. The van der Waals surface area contributed by atoms with E-state index in [0.717, 1.165) is 0 Å². The highest BCUT2D eigenvalue weighted by Gasteiger charge is 2.45. The van der Waals surface area contributed by atoms with Crippen LogP contribution in [0.5, 0.6) is 0 Å². The average Bonchev–Trinajstić information content (AvgIpc) is 3.65. The Balaban J connectivity index is 1.46. The summed E-state index contributed by atoms with van der Waals surface area (Å²) in [4.78, 5) is 2.62. The average molecular weight is 575 g/mol. The molecule has 2 aliphatic heterocycles. The van der Waals surface area contributed by atoms with Crippen molar-refractivity contribution in [1.82, 2.24) is 4.57 Å². The Morgan fingerprint density at radius 1 is 0.500 bits per heavy atom. The van der Waals surface area contributed by atoms with Crippen LogP contribution < -0.4 is 15.7 Å². The molecule has 202 valence electrons. The van der Waals surface area contributed by atoms with Gasteiger partial charge in [0.05, 0.1) is 11.0 Å². The molecule has 0 unspecified atom stereocenters. The molecule has 2 aromatic heterocycles. The lowest BCUT2D eigenvalue weighted by atomic mass is 9.43. The first kappa shape index (κ1) is 23.2. The van der Waals surface area contributed by atoms with E-state index in [1.54, 1.807) is 0 Å². The van der Waals surface area contributed by atoms with Crippen molar-refractivity contribution in [2.45, 2.75) is 0 Å². The quantitative estimate of drug-likeness (QED) is 0.177. The summed E-state index contributed by atoms with van der Waals surface area (Å²) in [7, 11) is 0. The smallest absolute Gasteiger partial charge is 0.333 e. The topological polar surface area (TPSA) is 8.17 Å². The van der Waals surface area contributed by atoms with E-state index in [2.05, 4.69) is 149 Å². The molecule has 0 N–H and O–H groups in total. The molecule has 0 radical (unpaired) electrons. The Kier molecular flexibility index (Phi) is 4.32. The lowest BCUT2D eigenvalue weighted by Crippen LogP contribution is -2.60. The van der Waals surface area contributed by atoms with Crippen molar-refractivity contribution in [3.8, 4) is 16.8 Å². The lowest BCUT2D eigenvalue weighted by molar-refractivity contribution is 1.18. The van der Waals surface area contributed by atoms with Crippen LogP contribution in [0.15, 0.2) is 140 Å². The fourth-order valence-corrected chi connectivity index (χ4v) is 9.57. The molecule has 11 rings (SSSR count). The van der Waals surface area contributed by atoms with Crippen molar-refractivity contribution in [2.24, 2.45) is 0 Å². The van der Waals surface area contributed by atoms with E-state index >= 15 is 0 Å². The van der Waals surface area contributed by atoms with Gasteiger partial charge in [-0.1, -0.05) is 103 Å².